The molecule has 0 atom stereocenters. The maximum atomic E-state index is 11.9. The number of aryl methyl sites for hydroxylation is 1. The minimum absolute atomic E-state index is 0.0292. The molecule has 1 aromatic heterocycles. The van der Waals surface area contributed by atoms with Gasteiger partial charge in [0.2, 0.25) is 5.95 Å². The maximum absolute atomic E-state index is 11.9. The monoisotopic (exact) mass is 388 g/mol. The van der Waals surface area contributed by atoms with Gasteiger partial charge in [0.1, 0.15) is 5.82 Å². The fourth-order valence-corrected chi connectivity index (χ4v) is 4.19. The molecule has 0 aromatic carbocycles. The number of carbonyl (C=O) groups is 1. The molecule has 0 spiro atoms. The Balaban J connectivity index is 1.52. The third kappa shape index (κ3) is 5.49. The van der Waals surface area contributed by atoms with Crippen LogP contribution < -0.4 is 20.9 Å². The predicted octanol–water partition coefficient (Wildman–Crippen LogP) is 3.24. The first-order chi connectivity index (χ1) is 13.6. The molecule has 0 unspecified atom stereocenters. The first kappa shape index (κ1) is 20.7. The Morgan fingerprint density at radius 2 is 1.79 bits per heavy atom. The number of hydrogen-bond donors (Lipinski definition) is 3. The average molecular weight is 389 g/mol. The highest BCUT2D eigenvalue weighted by atomic mass is 16.2. The summed E-state index contributed by atoms with van der Waals surface area (Å²) in [6.45, 7) is 2.88. The second-order valence-electron chi connectivity index (χ2n) is 8.34. The molecular weight excluding hydrogens is 352 g/mol. The molecule has 7 nitrogen and oxygen atoms in total. The summed E-state index contributed by atoms with van der Waals surface area (Å²) < 4.78 is 0. The van der Waals surface area contributed by atoms with Crippen LogP contribution in [0.4, 0.5) is 16.6 Å². The van der Waals surface area contributed by atoms with Crippen molar-refractivity contribution < 1.29 is 4.79 Å². The lowest BCUT2D eigenvalue weighted by atomic mass is 9.91. The first-order valence-corrected chi connectivity index (χ1v) is 10.9. The van der Waals surface area contributed by atoms with Crippen LogP contribution in [-0.2, 0) is 12.8 Å². The first-order valence-electron chi connectivity index (χ1n) is 10.9. The number of anilines is 2. The highest BCUT2D eigenvalue weighted by Crippen LogP contribution is 2.29. The third-order valence-electron chi connectivity index (χ3n) is 5.80. The molecule has 1 fully saturated rings. The second-order valence-corrected chi connectivity index (χ2v) is 8.34. The van der Waals surface area contributed by atoms with Crippen molar-refractivity contribution in [1.82, 2.24) is 20.6 Å². The van der Waals surface area contributed by atoms with Crippen molar-refractivity contribution in [3.63, 3.8) is 0 Å². The molecule has 1 heterocycles. The zero-order valence-corrected chi connectivity index (χ0v) is 17.7. The Morgan fingerprint density at radius 3 is 2.50 bits per heavy atom. The molecular formula is C21H36N6O. The predicted molar refractivity (Wildman–Crippen MR) is 114 cm³/mol. The van der Waals surface area contributed by atoms with Gasteiger partial charge in [0, 0.05) is 38.3 Å². The summed E-state index contributed by atoms with van der Waals surface area (Å²) in [5, 5.41) is 9.61. The lowest BCUT2D eigenvalue weighted by Crippen LogP contribution is -2.45. The second kappa shape index (κ2) is 9.94. The van der Waals surface area contributed by atoms with Gasteiger partial charge in [-0.15, -0.1) is 0 Å². The molecule has 1 aromatic rings. The standard InChI is InChI=1S/C21H36N6O/c1-4-5-14-22-21(28)24-16-12-10-15(11-13-16)23-20-25-18-9-7-6-8-17(18)19(26-20)27(2)3/h15-16H,4-14H2,1-3H3,(H2,22,24,28)(H,23,25,26)/t15-,16+. The van der Waals surface area contributed by atoms with Crippen molar-refractivity contribution in [2.24, 2.45) is 0 Å². The van der Waals surface area contributed by atoms with Gasteiger partial charge in [-0.2, -0.15) is 4.98 Å². The van der Waals surface area contributed by atoms with E-state index in [0.29, 0.717) is 6.04 Å². The van der Waals surface area contributed by atoms with Gasteiger partial charge in [0.15, 0.2) is 0 Å². The fraction of sp³-hybridized carbons (Fsp3) is 0.762. The molecule has 0 radical (unpaired) electrons. The zero-order valence-electron chi connectivity index (χ0n) is 17.7. The third-order valence-corrected chi connectivity index (χ3v) is 5.80. The number of carbonyl (C=O) groups excluding carboxylic acids is 1. The van der Waals surface area contributed by atoms with Crippen molar-refractivity contribution in [2.75, 3.05) is 30.9 Å². The van der Waals surface area contributed by atoms with Crippen LogP contribution in [0.2, 0.25) is 0 Å². The van der Waals surface area contributed by atoms with E-state index in [1.54, 1.807) is 0 Å². The molecule has 2 aliphatic rings. The summed E-state index contributed by atoms with van der Waals surface area (Å²) in [7, 11) is 4.12. The van der Waals surface area contributed by atoms with Crippen LogP contribution in [0.1, 0.15) is 69.5 Å². The summed E-state index contributed by atoms with van der Waals surface area (Å²) in [4.78, 5) is 23.7. The molecule has 2 aliphatic carbocycles. The van der Waals surface area contributed by atoms with E-state index in [4.69, 9.17) is 9.97 Å². The van der Waals surface area contributed by atoms with Crippen LogP contribution in [0.25, 0.3) is 0 Å². The van der Waals surface area contributed by atoms with Crippen molar-refractivity contribution >= 4 is 17.8 Å². The molecule has 0 aliphatic heterocycles. The average Bonchev–Trinajstić information content (AvgIpc) is 2.69. The Morgan fingerprint density at radius 1 is 1.07 bits per heavy atom. The number of fused-ring (bicyclic) bond motifs is 1. The number of rotatable bonds is 7. The molecule has 3 N–H and O–H groups in total. The lowest BCUT2D eigenvalue weighted by molar-refractivity contribution is 0.231. The lowest BCUT2D eigenvalue weighted by Gasteiger charge is -2.30. The fourth-order valence-electron chi connectivity index (χ4n) is 4.19. The molecule has 3 rings (SSSR count). The molecule has 1 saturated carbocycles. The van der Waals surface area contributed by atoms with E-state index in [1.165, 1.54) is 24.1 Å². The Kier molecular flexibility index (Phi) is 7.34. The van der Waals surface area contributed by atoms with Gasteiger partial charge in [-0.3, -0.25) is 0 Å². The van der Waals surface area contributed by atoms with Gasteiger partial charge in [-0.05, 0) is 57.8 Å². The smallest absolute Gasteiger partial charge is 0.315 e. The number of amides is 2. The van der Waals surface area contributed by atoms with Crippen molar-refractivity contribution in [3.05, 3.63) is 11.3 Å². The maximum Gasteiger partial charge on any atom is 0.315 e. The number of urea groups is 1. The molecule has 156 valence electrons. The van der Waals surface area contributed by atoms with E-state index >= 15 is 0 Å². The van der Waals surface area contributed by atoms with E-state index < -0.39 is 0 Å². The van der Waals surface area contributed by atoms with Crippen LogP contribution >= 0.6 is 0 Å². The zero-order chi connectivity index (χ0) is 19.9. The van der Waals surface area contributed by atoms with Crippen LogP contribution in [0.15, 0.2) is 0 Å². The van der Waals surface area contributed by atoms with Gasteiger partial charge in [0.25, 0.3) is 0 Å². The van der Waals surface area contributed by atoms with Crippen molar-refractivity contribution in [2.45, 2.75) is 83.2 Å². The molecule has 0 saturated heterocycles. The van der Waals surface area contributed by atoms with Gasteiger partial charge >= 0.3 is 6.03 Å². The van der Waals surface area contributed by atoms with Gasteiger partial charge in [0.05, 0.1) is 5.69 Å². The summed E-state index contributed by atoms with van der Waals surface area (Å²) in [6.07, 6.45) is 10.7. The van der Waals surface area contributed by atoms with Gasteiger partial charge in [-0.1, -0.05) is 13.3 Å². The number of aromatic nitrogens is 2. The van der Waals surface area contributed by atoms with Gasteiger partial charge < -0.3 is 20.9 Å². The largest absolute Gasteiger partial charge is 0.362 e. The minimum Gasteiger partial charge on any atom is -0.362 e. The number of nitrogens with zero attached hydrogens (tertiary/aromatic N) is 3. The normalized spacial score (nSPS) is 21.5. The Bertz CT molecular complexity index is 655. The van der Waals surface area contributed by atoms with Crippen LogP contribution in [-0.4, -0.2) is 48.7 Å². The molecule has 7 heteroatoms. The summed E-state index contributed by atoms with van der Waals surface area (Å²) in [5.74, 6) is 1.82. The SMILES string of the molecule is CCCCNC(=O)N[C@H]1CC[C@@H](Nc2nc3c(c(N(C)C)n2)CCCC3)CC1. The van der Waals surface area contributed by atoms with Crippen LogP contribution in [0.5, 0.6) is 0 Å². The van der Waals surface area contributed by atoms with Crippen molar-refractivity contribution in [1.29, 1.82) is 0 Å². The molecule has 2 amide bonds. The van der Waals surface area contributed by atoms with Gasteiger partial charge in [-0.25, -0.2) is 9.78 Å². The van der Waals surface area contributed by atoms with Crippen LogP contribution in [0, 0.1) is 0 Å². The number of unbranched alkanes of at least 4 members (excludes halogenated alkanes) is 1. The summed E-state index contributed by atoms with van der Waals surface area (Å²) >= 11 is 0. The summed E-state index contributed by atoms with van der Waals surface area (Å²) in [6, 6.07) is 0.609. The van der Waals surface area contributed by atoms with Crippen LogP contribution in [0.3, 0.4) is 0 Å². The molecule has 28 heavy (non-hydrogen) atoms. The van der Waals surface area contributed by atoms with Crippen molar-refractivity contribution in [3.8, 4) is 0 Å². The number of hydrogen-bond acceptors (Lipinski definition) is 5. The van der Waals surface area contributed by atoms with E-state index in [9.17, 15) is 4.79 Å². The minimum atomic E-state index is -0.0292. The molecule has 0 bridgehead atoms. The van der Waals surface area contributed by atoms with E-state index in [1.807, 2.05) is 0 Å². The summed E-state index contributed by atoms with van der Waals surface area (Å²) in [5.41, 5.74) is 2.54. The Labute approximate surface area is 169 Å². The van der Waals surface area contributed by atoms with E-state index in [-0.39, 0.29) is 12.1 Å². The number of nitrogens with one attached hydrogen (secondary N) is 3. The topological polar surface area (TPSA) is 82.2 Å². The highest BCUT2D eigenvalue weighted by Gasteiger charge is 2.24. The highest BCUT2D eigenvalue weighted by molar-refractivity contribution is 5.74. The Hall–Kier alpha value is -2.05. The van der Waals surface area contributed by atoms with E-state index in [2.05, 4.69) is 41.9 Å². The van der Waals surface area contributed by atoms with E-state index in [0.717, 1.165) is 69.7 Å². The quantitative estimate of drug-likeness (QED) is 0.625.